The molecule has 86 valence electrons. The summed E-state index contributed by atoms with van der Waals surface area (Å²) < 4.78 is 0. The molecule has 4 heteroatoms. The molecule has 1 aromatic carbocycles. The first kappa shape index (κ1) is 11.1. The van der Waals surface area contributed by atoms with Crippen LogP contribution >= 0.6 is 0 Å². The van der Waals surface area contributed by atoms with Gasteiger partial charge in [-0.1, -0.05) is 12.1 Å². The Balaban J connectivity index is 1.97. The van der Waals surface area contributed by atoms with Crippen molar-refractivity contribution in [1.82, 2.24) is 4.90 Å². The number of hydrogen-bond donors (Lipinski definition) is 2. The highest BCUT2D eigenvalue weighted by molar-refractivity contribution is 5.87. The molecule has 16 heavy (non-hydrogen) atoms. The van der Waals surface area contributed by atoms with Crippen molar-refractivity contribution in [2.45, 2.75) is 19.0 Å². The van der Waals surface area contributed by atoms with Gasteiger partial charge in [0.2, 0.25) is 0 Å². The highest BCUT2D eigenvalue weighted by Crippen LogP contribution is 2.12. The number of nitrogens with two attached hydrogens (primary N) is 1. The third-order valence-electron chi connectivity index (χ3n) is 2.92. The molecule has 0 saturated carbocycles. The summed E-state index contributed by atoms with van der Waals surface area (Å²) in [5, 5.41) is 8.77. The predicted octanol–water partition coefficient (Wildman–Crippen LogP) is 0.918. The van der Waals surface area contributed by atoms with Crippen LogP contribution in [0.3, 0.4) is 0 Å². The SMILES string of the molecule is N[C@H]1CCN(Cc2ccc(C(=O)O)cc2)C1. The minimum Gasteiger partial charge on any atom is -0.478 e. The van der Waals surface area contributed by atoms with Crippen LogP contribution in [0.15, 0.2) is 24.3 Å². The van der Waals surface area contributed by atoms with Crippen LogP contribution < -0.4 is 5.73 Å². The molecule has 0 aliphatic carbocycles. The molecule has 1 fully saturated rings. The van der Waals surface area contributed by atoms with E-state index >= 15 is 0 Å². The summed E-state index contributed by atoms with van der Waals surface area (Å²) >= 11 is 0. The molecule has 0 amide bonds. The molecule has 1 saturated heterocycles. The van der Waals surface area contributed by atoms with Gasteiger partial charge in [-0.25, -0.2) is 4.79 Å². The van der Waals surface area contributed by atoms with E-state index in [9.17, 15) is 4.79 Å². The van der Waals surface area contributed by atoms with E-state index in [4.69, 9.17) is 10.8 Å². The summed E-state index contributed by atoms with van der Waals surface area (Å²) in [6.07, 6.45) is 1.05. The zero-order valence-electron chi connectivity index (χ0n) is 9.10. The Morgan fingerprint density at radius 3 is 2.62 bits per heavy atom. The van der Waals surface area contributed by atoms with Crippen LogP contribution in [0.2, 0.25) is 0 Å². The molecule has 1 aliphatic heterocycles. The number of carboxylic acid groups (broad SMARTS) is 1. The molecule has 1 aromatic rings. The number of likely N-dealkylation sites (tertiary alicyclic amines) is 1. The number of carbonyl (C=O) groups is 1. The van der Waals surface area contributed by atoms with Crippen molar-refractivity contribution in [1.29, 1.82) is 0 Å². The number of nitrogens with zero attached hydrogens (tertiary/aromatic N) is 1. The molecule has 4 nitrogen and oxygen atoms in total. The van der Waals surface area contributed by atoms with Gasteiger partial charge >= 0.3 is 5.97 Å². The van der Waals surface area contributed by atoms with Gasteiger partial charge in [-0.15, -0.1) is 0 Å². The number of rotatable bonds is 3. The van der Waals surface area contributed by atoms with Gasteiger partial charge in [-0.3, -0.25) is 4.90 Å². The molecular formula is C12H16N2O2. The second-order valence-electron chi connectivity index (χ2n) is 4.29. The van der Waals surface area contributed by atoms with Gasteiger partial charge in [-0.2, -0.15) is 0 Å². The molecule has 0 bridgehead atoms. The van der Waals surface area contributed by atoms with Crippen LogP contribution in [0.5, 0.6) is 0 Å². The fraction of sp³-hybridized carbons (Fsp3) is 0.417. The maximum atomic E-state index is 10.7. The molecule has 1 heterocycles. The molecule has 1 aliphatic rings. The van der Waals surface area contributed by atoms with E-state index < -0.39 is 5.97 Å². The lowest BCUT2D eigenvalue weighted by atomic mass is 10.1. The van der Waals surface area contributed by atoms with Crippen molar-refractivity contribution in [2.75, 3.05) is 13.1 Å². The van der Waals surface area contributed by atoms with Crippen LogP contribution in [0, 0.1) is 0 Å². The summed E-state index contributed by atoms with van der Waals surface area (Å²) in [5.41, 5.74) is 7.30. The van der Waals surface area contributed by atoms with Gasteiger partial charge in [-0.05, 0) is 24.1 Å². The quantitative estimate of drug-likeness (QED) is 0.795. The first-order valence-electron chi connectivity index (χ1n) is 5.45. The minimum absolute atomic E-state index is 0.290. The fourth-order valence-electron chi connectivity index (χ4n) is 2.02. The van der Waals surface area contributed by atoms with Gasteiger partial charge in [0, 0.05) is 25.7 Å². The highest BCUT2D eigenvalue weighted by Gasteiger charge is 2.18. The Bertz CT molecular complexity index is 375. The van der Waals surface area contributed by atoms with Crippen LogP contribution in [0.1, 0.15) is 22.3 Å². The molecule has 0 aromatic heterocycles. The number of carboxylic acids is 1. The summed E-state index contributed by atoms with van der Waals surface area (Å²) in [7, 11) is 0. The number of benzene rings is 1. The van der Waals surface area contributed by atoms with Crippen LogP contribution in [-0.4, -0.2) is 35.1 Å². The average molecular weight is 220 g/mol. The van der Waals surface area contributed by atoms with Gasteiger partial charge in [0.1, 0.15) is 0 Å². The monoisotopic (exact) mass is 220 g/mol. The normalized spacial score (nSPS) is 21.2. The van der Waals surface area contributed by atoms with E-state index in [1.807, 2.05) is 12.1 Å². The lowest BCUT2D eigenvalue weighted by Crippen LogP contribution is -2.26. The van der Waals surface area contributed by atoms with E-state index in [2.05, 4.69) is 4.90 Å². The van der Waals surface area contributed by atoms with E-state index in [1.54, 1.807) is 12.1 Å². The van der Waals surface area contributed by atoms with E-state index in [-0.39, 0.29) is 0 Å². The molecule has 2 rings (SSSR count). The fourth-order valence-corrected chi connectivity index (χ4v) is 2.02. The molecule has 0 spiro atoms. The standard InChI is InChI=1S/C12H16N2O2/c13-11-5-6-14(8-11)7-9-1-3-10(4-2-9)12(15)16/h1-4,11H,5-8,13H2,(H,15,16)/t11-/m0/s1. The third kappa shape index (κ3) is 2.59. The van der Waals surface area contributed by atoms with Gasteiger partial charge in [0.05, 0.1) is 5.56 Å². The zero-order valence-corrected chi connectivity index (χ0v) is 9.10. The summed E-state index contributed by atoms with van der Waals surface area (Å²) in [4.78, 5) is 13.0. The van der Waals surface area contributed by atoms with Crippen molar-refractivity contribution in [2.24, 2.45) is 5.73 Å². The second kappa shape index (κ2) is 4.63. The first-order chi connectivity index (χ1) is 7.65. The minimum atomic E-state index is -0.880. The van der Waals surface area contributed by atoms with E-state index in [0.29, 0.717) is 11.6 Å². The average Bonchev–Trinajstić information content (AvgIpc) is 2.65. The Kier molecular flexibility index (Phi) is 3.22. The number of hydrogen-bond acceptors (Lipinski definition) is 3. The van der Waals surface area contributed by atoms with E-state index in [1.165, 1.54) is 0 Å². The molecular weight excluding hydrogens is 204 g/mol. The van der Waals surface area contributed by atoms with Crippen molar-refractivity contribution < 1.29 is 9.90 Å². The van der Waals surface area contributed by atoms with E-state index in [0.717, 1.165) is 31.6 Å². The molecule has 0 unspecified atom stereocenters. The third-order valence-corrected chi connectivity index (χ3v) is 2.92. The smallest absolute Gasteiger partial charge is 0.335 e. The zero-order chi connectivity index (χ0) is 11.5. The van der Waals surface area contributed by atoms with Gasteiger partial charge in [0.15, 0.2) is 0 Å². The molecule has 1 atom stereocenters. The summed E-state index contributed by atoms with van der Waals surface area (Å²) in [6.45, 7) is 2.82. The maximum Gasteiger partial charge on any atom is 0.335 e. The highest BCUT2D eigenvalue weighted by atomic mass is 16.4. The predicted molar refractivity (Wildman–Crippen MR) is 61.3 cm³/mol. The van der Waals surface area contributed by atoms with Crippen molar-refractivity contribution >= 4 is 5.97 Å². The van der Waals surface area contributed by atoms with Gasteiger partial charge < -0.3 is 10.8 Å². The Hall–Kier alpha value is -1.39. The lowest BCUT2D eigenvalue weighted by Gasteiger charge is -2.14. The second-order valence-corrected chi connectivity index (χ2v) is 4.29. The van der Waals surface area contributed by atoms with Crippen LogP contribution in [0.4, 0.5) is 0 Å². The summed E-state index contributed by atoms with van der Waals surface area (Å²) in [5.74, 6) is -0.880. The Labute approximate surface area is 94.7 Å². The topological polar surface area (TPSA) is 66.6 Å². The van der Waals surface area contributed by atoms with Crippen molar-refractivity contribution in [3.63, 3.8) is 0 Å². The van der Waals surface area contributed by atoms with Crippen LogP contribution in [-0.2, 0) is 6.54 Å². The largest absolute Gasteiger partial charge is 0.478 e. The number of aromatic carboxylic acids is 1. The Morgan fingerprint density at radius 2 is 2.12 bits per heavy atom. The first-order valence-corrected chi connectivity index (χ1v) is 5.45. The van der Waals surface area contributed by atoms with Crippen molar-refractivity contribution in [3.05, 3.63) is 35.4 Å². The summed E-state index contributed by atoms with van der Waals surface area (Å²) in [6, 6.07) is 7.32. The van der Waals surface area contributed by atoms with Crippen molar-refractivity contribution in [3.8, 4) is 0 Å². The van der Waals surface area contributed by atoms with Crippen LogP contribution in [0.25, 0.3) is 0 Å². The molecule has 0 radical (unpaired) electrons. The Morgan fingerprint density at radius 1 is 1.44 bits per heavy atom. The van der Waals surface area contributed by atoms with Gasteiger partial charge in [0.25, 0.3) is 0 Å². The maximum absolute atomic E-state index is 10.7. The molecule has 3 N–H and O–H groups in total. The lowest BCUT2D eigenvalue weighted by molar-refractivity contribution is 0.0697.